The van der Waals surface area contributed by atoms with E-state index in [-0.39, 0.29) is 0 Å². The summed E-state index contributed by atoms with van der Waals surface area (Å²) in [6.45, 7) is 7.91. The van der Waals surface area contributed by atoms with Crippen molar-refractivity contribution in [2.45, 2.75) is 46.0 Å². The summed E-state index contributed by atoms with van der Waals surface area (Å²) in [6.07, 6.45) is 4.96. The highest BCUT2D eigenvalue weighted by molar-refractivity contribution is 5.78. The van der Waals surface area contributed by atoms with E-state index in [1.54, 1.807) is 0 Å². The third-order valence-corrected chi connectivity index (χ3v) is 5.03. The number of hydrogen-bond donors (Lipinski definition) is 1. The Morgan fingerprint density at radius 3 is 2.78 bits per heavy atom. The lowest BCUT2D eigenvalue weighted by Crippen LogP contribution is -2.42. The van der Waals surface area contributed by atoms with Gasteiger partial charge in [-0.25, -0.2) is 4.98 Å². The van der Waals surface area contributed by atoms with E-state index in [0.29, 0.717) is 17.8 Å². The zero-order valence-corrected chi connectivity index (χ0v) is 14.2. The molecular weight excluding hydrogens is 290 g/mol. The fraction of sp³-hybridized carbons (Fsp3) is 0.706. The van der Waals surface area contributed by atoms with Crippen molar-refractivity contribution >= 4 is 17.7 Å². The van der Waals surface area contributed by atoms with Gasteiger partial charge in [0.1, 0.15) is 5.82 Å². The number of anilines is 2. The largest absolute Gasteiger partial charge is 0.368 e. The predicted octanol–water partition coefficient (Wildman–Crippen LogP) is 1.77. The summed E-state index contributed by atoms with van der Waals surface area (Å²) in [7, 11) is 0. The number of aryl methyl sites for hydroxylation is 1. The van der Waals surface area contributed by atoms with E-state index in [1.165, 1.54) is 12.0 Å². The van der Waals surface area contributed by atoms with Gasteiger partial charge in [0.25, 0.3) is 0 Å². The molecule has 0 spiro atoms. The van der Waals surface area contributed by atoms with Gasteiger partial charge >= 0.3 is 0 Å². The van der Waals surface area contributed by atoms with Crippen LogP contribution in [0.15, 0.2) is 0 Å². The highest BCUT2D eigenvalue weighted by Gasteiger charge is 2.28. The lowest BCUT2D eigenvalue weighted by atomic mass is 9.96. The number of aromatic nitrogens is 2. The highest BCUT2D eigenvalue weighted by Crippen LogP contribution is 2.28. The van der Waals surface area contributed by atoms with Crippen molar-refractivity contribution in [1.82, 2.24) is 14.9 Å². The molecule has 3 heterocycles. The lowest BCUT2D eigenvalue weighted by molar-refractivity contribution is -0.128. The average molecular weight is 317 g/mol. The molecule has 2 aliphatic heterocycles. The van der Waals surface area contributed by atoms with Crippen LogP contribution < -0.4 is 10.6 Å². The SMILES string of the molecule is CCc1c(C)nc(N)nc1N1CCCC(CN2CCCC2=O)C1. The normalized spacial score (nSPS) is 22.0. The molecule has 0 aromatic carbocycles. The molecule has 126 valence electrons. The molecule has 2 aliphatic rings. The van der Waals surface area contributed by atoms with Crippen molar-refractivity contribution in [2.75, 3.05) is 36.8 Å². The number of nitrogens with zero attached hydrogens (tertiary/aromatic N) is 4. The molecule has 6 nitrogen and oxygen atoms in total. The molecule has 6 heteroatoms. The van der Waals surface area contributed by atoms with Crippen molar-refractivity contribution in [1.29, 1.82) is 0 Å². The van der Waals surface area contributed by atoms with Crippen molar-refractivity contribution in [2.24, 2.45) is 5.92 Å². The van der Waals surface area contributed by atoms with E-state index in [9.17, 15) is 4.79 Å². The Labute approximate surface area is 138 Å². The van der Waals surface area contributed by atoms with E-state index in [2.05, 4.69) is 21.8 Å². The monoisotopic (exact) mass is 317 g/mol. The number of likely N-dealkylation sites (tertiary alicyclic amines) is 1. The molecule has 2 fully saturated rings. The molecule has 2 N–H and O–H groups in total. The van der Waals surface area contributed by atoms with Gasteiger partial charge in [-0.3, -0.25) is 4.79 Å². The third-order valence-electron chi connectivity index (χ3n) is 5.03. The molecule has 2 saturated heterocycles. The van der Waals surface area contributed by atoms with E-state index >= 15 is 0 Å². The molecule has 3 rings (SSSR count). The Morgan fingerprint density at radius 1 is 1.26 bits per heavy atom. The van der Waals surface area contributed by atoms with Crippen LogP contribution in [-0.2, 0) is 11.2 Å². The van der Waals surface area contributed by atoms with Crippen molar-refractivity contribution in [3.63, 3.8) is 0 Å². The molecule has 23 heavy (non-hydrogen) atoms. The fourth-order valence-corrected chi connectivity index (χ4v) is 3.89. The quantitative estimate of drug-likeness (QED) is 0.916. The second-order valence-electron chi connectivity index (χ2n) is 6.72. The Balaban J connectivity index is 1.74. The molecule has 0 bridgehead atoms. The summed E-state index contributed by atoms with van der Waals surface area (Å²) in [5, 5.41) is 0. The first-order valence-electron chi connectivity index (χ1n) is 8.74. The summed E-state index contributed by atoms with van der Waals surface area (Å²) in [4.78, 5) is 25.1. The summed E-state index contributed by atoms with van der Waals surface area (Å²) in [6, 6.07) is 0. The Morgan fingerprint density at radius 2 is 2.09 bits per heavy atom. The van der Waals surface area contributed by atoms with Gasteiger partial charge in [0.2, 0.25) is 11.9 Å². The highest BCUT2D eigenvalue weighted by atomic mass is 16.2. The Hall–Kier alpha value is -1.85. The van der Waals surface area contributed by atoms with Crippen LogP contribution in [0.2, 0.25) is 0 Å². The van der Waals surface area contributed by atoms with Gasteiger partial charge in [-0.05, 0) is 38.5 Å². The number of nitrogen functional groups attached to an aromatic ring is 1. The number of carbonyl (C=O) groups is 1. The van der Waals surface area contributed by atoms with Crippen LogP contribution in [0.1, 0.15) is 43.9 Å². The second-order valence-corrected chi connectivity index (χ2v) is 6.72. The van der Waals surface area contributed by atoms with Crippen molar-refractivity contribution in [3.8, 4) is 0 Å². The summed E-state index contributed by atoms with van der Waals surface area (Å²) in [5.74, 6) is 2.19. The maximum atomic E-state index is 11.9. The Bertz CT molecular complexity index is 589. The van der Waals surface area contributed by atoms with Gasteiger partial charge < -0.3 is 15.5 Å². The zero-order valence-electron chi connectivity index (χ0n) is 14.2. The van der Waals surface area contributed by atoms with Crippen molar-refractivity contribution < 1.29 is 4.79 Å². The molecule has 0 saturated carbocycles. The van der Waals surface area contributed by atoms with Crippen LogP contribution in [0.3, 0.4) is 0 Å². The number of nitrogens with two attached hydrogens (primary N) is 1. The van der Waals surface area contributed by atoms with Crippen molar-refractivity contribution in [3.05, 3.63) is 11.3 Å². The minimum absolute atomic E-state index is 0.318. The topological polar surface area (TPSA) is 75.3 Å². The van der Waals surface area contributed by atoms with Crippen LogP contribution in [0.5, 0.6) is 0 Å². The molecule has 1 unspecified atom stereocenters. The summed E-state index contributed by atoms with van der Waals surface area (Å²) < 4.78 is 0. The number of piperidine rings is 1. The minimum atomic E-state index is 0.318. The molecule has 1 aromatic rings. The van der Waals surface area contributed by atoms with E-state index < -0.39 is 0 Å². The van der Waals surface area contributed by atoms with Crippen LogP contribution in [0.25, 0.3) is 0 Å². The van der Waals surface area contributed by atoms with Gasteiger partial charge in [0.05, 0.1) is 0 Å². The summed E-state index contributed by atoms with van der Waals surface area (Å²) >= 11 is 0. The molecule has 0 radical (unpaired) electrons. The second kappa shape index (κ2) is 6.72. The van der Waals surface area contributed by atoms with E-state index in [4.69, 9.17) is 5.73 Å². The van der Waals surface area contributed by atoms with Gasteiger partial charge in [-0.1, -0.05) is 6.92 Å². The van der Waals surface area contributed by atoms with Gasteiger partial charge in [-0.15, -0.1) is 0 Å². The molecule has 1 aromatic heterocycles. The standard InChI is InChI=1S/C17H27N5O/c1-3-14-12(2)19-17(18)20-16(14)22-9-4-6-13(11-22)10-21-8-5-7-15(21)23/h13H,3-11H2,1-2H3,(H2,18,19,20). The first-order valence-corrected chi connectivity index (χ1v) is 8.74. The fourth-order valence-electron chi connectivity index (χ4n) is 3.89. The van der Waals surface area contributed by atoms with Gasteiger partial charge in [0, 0.05) is 43.9 Å². The maximum Gasteiger partial charge on any atom is 0.222 e. The number of rotatable bonds is 4. The van der Waals surface area contributed by atoms with E-state index in [1.807, 2.05) is 11.8 Å². The molecule has 1 amide bonds. The lowest BCUT2D eigenvalue weighted by Gasteiger charge is -2.36. The van der Waals surface area contributed by atoms with Crippen LogP contribution in [-0.4, -0.2) is 47.0 Å². The van der Waals surface area contributed by atoms with Crippen LogP contribution in [0, 0.1) is 12.8 Å². The molecular formula is C17H27N5O. The first kappa shape index (κ1) is 16.0. The minimum Gasteiger partial charge on any atom is -0.368 e. The van der Waals surface area contributed by atoms with Crippen LogP contribution in [0.4, 0.5) is 11.8 Å². The molecule has 1 atom stereocenters. The van der Waals surface area contributed by atoms with Gasteiger partial charge in [0.15, 0.2) is 0 Å². The Kier molecular flexibility index (Phi) is 4.68. The number of carbonyl (C=O) groups excluding carboxylic acids is 1. The maximum absolute atomic E-state index is 11.9. The number of amides is 1. The van der Waals surface area contributed by atoms with Gasteiger partial charge in [-0.2, -0.15) is 4.98 Å². The predicted molar refractivity (Wildman–Crippen MR) is 91.3 cm³/mol. The van der Waals surface area contributed by atoms with E-state index in [0.717, 1.165) is 63.4 Å². The third kappa shape index (κ3) is 3.41. The smallest absolute Gasteiger partial charge is 0.222 e. The van der Waals surface area contributed by atoms with Crippen LogP contribution >= 0.6 is 0 Å². The summed E-state index contributed by atoms with van der Waals surface area (Å²) in [5.41, 5.74) is 8.04. The molecule has 0 aliphatic carbocycles. The number of hydrogen-bond acceptors (Lipinski definition) is 5. The first-order chi connectivity index (χ1) is 11.1. The zero-order chi connectivity index (χ0) is 16.4. The average Bonchev–Trinajstić information content (AvgIpc) is 2.92.